The van der Waals surface area contributed by atoms with Gasteiger partial charge in [-0.05, 0) is 29.8 Å². The van der Waals surface area contributed by atoms with Gasteiger partial charge in [0.25, 0.3) is 0 Å². The number of benzene rings is 2. The normalized spacial score (nSPS) is 20.1. The van der Waals surface area contributed by atoms with E-state index in [0.717, 1.165) is 21.9 Å². The van der Waals surface area contributed by atoms with Gasteiger partial charge in [-0.15, -0.1) is 0 Å². The van der Waals surface area contributed by atoms with Gasteiger partial charge < -0.3 is 9.84 Å². The fraction of sp³-hybridized carbons (Fsp3) is 0.167. The summed E-state index contributed by atoms with van der Waals surface area (Å²) in [5, 5.41) is 13.3. The van der Waals surface area contributed by atoms with Crippen LogP contribution in [0.5, 0.6) is 5.75 Å². The first-order valence-electron chi connectivity index (χ1n) is 7.29. The Morgan fingerprint density at radius 3 is 2.65 bits per heavy atom. The monoisotopic (exact) mass is 345 g/mol. The van der Waals surface area contributed by atoms with Gasteiger partial charge in [-0.1, -0.05) is 35.3 Å². The van der Waals surface area contributed by atoms with Crippen LogP contribution in [0.2, 0.25) is 10.0 Å². The molecule has 0 fully saturated rings. The van der Waals surface area contributed by atoms with Crippen LogP contribution in [0.3, 0.4) is 0 Å². The zero-order valence-corrected chi connectivity index (χ0v) is 13.6. The van der Waals surface area contributed by atoms with Gasteiger partial charge in [-0.2, -0.15) is 0 Å². The number of fused-ring (bicyclic) bond motifs is 3. The van der Waals surface area contributed by atoms with Crippen molar-refractivity contribution in [1.82, 2.24) is 4.98 Å². The third kappa shape index (κ3) is 2.65. The van der Waals surface area contributed by atoms with Crippen molar-refractivity contribution >= 4 is 34.0 Å². The average molecular weight is 346 g/mol. The predicted octanol–water partition coefficient (Wildman–Crippen LogP) is 4.77. The zero-order valence-electron chi connectivity index (χ0n) is 12.0. The number of rotatable bonds is 1. The zero-order chi connectivity index (χ0) is 16.0. The second kappa shape index (κ2) is 5.68. The topological polar surface area (TPSA) is 42.4 Å². The number of aliphatic hydroxyl groups is 1. The molecule has 2 heterocycles. The van der Waals surface area contributed by atoms with E-state index in [2.05, 4.69) is 4.98 Å². The van der Waals surface area contributed by atoms with Crippen molar-refractivity contribution in [3.05, 3.63) is 70.0 Å². The number of hydrogen-bond acceptors (Lipinski definition) is 3. The molecule has 2 atom stereocenters. The lowest BCUT2D eigenvalue weighted by atomic mass is 9.85. The second-order valence-electron chi connectivity index (χ2n) is 5.64. The predicted molar refractivity (Wildman–Crippen MR) is 91.3 cm³/mol. The Labute approximate surface area is 143 Å². The Balaban J connectivity index is 1.93. The number of hydrogen-bond donors (Lipinski definition) is 1. The van der Waals surface area contributed by atoms with E-state index in [0.29, 0.717) is 22.2 Å². The lowest BCUT2D eigenvalue weighted by molar-refractivity contribution is -0.0347. The van der Waals surface area contributed by atoms with Gasteiger partial charge in [0.2, 0.25) is 0 Å². The summed E-state index contributed by atoms with van der Waals surface area (Å²) in [6.07, 6.45) is 3.09. The summed E-state index contributed by atoms with van der Waals surface area (Å²) in [6, 6.07) is 11.4. The maximum atomic E-state index is 10.2. The largest absolute Gasteiger partial charge is 0.464 e. The maximum absolute atomic E-state index is 10.2. The van der Waals surface area contributed by atoms with Crippen LogP contribution in [0.25, 0.3) is 10.8 Å². The molecule has 0 radical (unpaired) electrons. The Morgan fingerprint density at radius 1 is 1.09 bits per heavy atom. The molecule has 116 valence electrons. The molecule has 4 rings (SSSR count). The number of nitrogens with zero attached hydrogens (tertiary/aromatic N) is 1. The molecular weight excluding hydrogens is 333 g/mol. The third-order valence-corrected chi connectivity index (χ3v) is 4.59. The van der Waals surface area contributed by atoms with E-state index in [1.165, 1.54) is 0 Å². The van der Waals surface area contributed by atoms with Crippen LogP contribution in [0.1, 0.15) is 23.5 Å². The van der Waals surface area contributed by atoms with Crippen LogP contribution in [-0.2, 0) is 0 Å². The second-order valence-corrected chi connectivity index (χ2v) is 6.52. The molecule has 1 aliphatic heterocycles. The van der Waals surface area contributed by atoms with Crippen molar-refractivity contribution in [3.8, 4) is 5.75 Å². The Morgan fingerprint density at radius 2 is 1.87 bits per heavy atom. The smallest absolute Gasteiger partial charge is 0.198 e. The molecule has 0 saturated carbocycles. The minimum atomic E-state index is -0.871. The minimum Gasteiger partial charge on any atom is -0.464 e. The molecule has 23 heavy (non-hydrogen) atoms. The third-order valence-electron chi connectivity index (χ3n) is 4.16. The van der Waals surface area contributed by atoms with E-state index in [-0.39, 0.29) is 5.92 Å². The van der Waals surface area contributed by atoms with Gasteiger partial charge in [0.05, 0.1) is 0 Å². The highest BCUT2D eigenvalue weighted by Gasteiger charge is 2.30. The highest BCUT2D eigenvalue weighted by Crippen LogP contribution is 2.44. The van der Waals surface area contributed by atoms with Crippen molar-refractivity contribution in [2.75, 3.05) is 0 Å². The Kier molecular flexibility index (Phi) is 3.64. The van der Waals surface area contributed by atoms with E-state index in [1.54, 1.807) is 18.5 Å². The lowest BCUT2D eigenvalue weighted by Crippen LogP contribution is -2.25. The summed E-state index contributed by atoms with van der Waals surface area (Å²) < 4.78 is 5.72. The summed E-state index contributed by atoms with van der Waals surface area (Å²) in [7, 11) is 0. The molecule has 5 heteroatoms. The number of halogens is 2. The maximum Gasteiger partial charge on any atom is 0.198 e. The summed E-state index contributed by atoms with van der Waals surface area (Å²) in [5.74, 6) is 0.673. The SMILES string of the molecule is O[C@@H]1C[C@@H](c2cc(Cl)cc(Cl)c2)c2ccc3cnccc3c2O1. The molecule has 0 unspecified atom stereocenters. The van der Waals surface area contributed by atoms with E-state index >= 15 is 0 Å². The Hall–Kier alpha value is -1.81. The number of aliphatic hydroxyl groups excluding tert-OH is 1. The molecule has 0 aliphatic carbocycles. The fourth-order valence-electron chi connectivity index (χ4n) is 3.17. The van der Waals surface area contributed by atoms with Crippen molar-refractivity contribution < 1.29 is 9.84 Å². The first kappa shape index (κ1) is 14.8. The van der Waals surface area contributed by atoms with E-state index < -0.39 is 6.29 Å². The van der Waals surface area contributed by atoms with E-state index in [9.17, 15) is 5.11 Å². The van der Waals surface area contributed by atoms with Crippen LogP contribution >= 0.6 is 23.2 Å². The highest BCUT2D eigenvalue weighted by molar-refractivity contribution is 6.34. The molecule has 1 N–H and O–H groups in total. The quantitative estimate of drug-likeness (QED) is 0.690. The molecule has 1 aromatic heterocycles. The van der Waals surface area contributed by atoms with E-state index in [4.69, 9.17) is 27.9 Å². The van der Waals surface area contributed by atoms with Gasteiger partial charge in [-0.3, -0.25) is 4.98 Å². The van der Waals surface area contributed by atoms with Crippen molar-refractivity contribution in [2.45, 2.75) is 18.6 Å². The highest BCUT2D eigenvalue weighted by atomic mass is 35.5. The van der Waals surface area contributed by atoms with Crippen LogP contribution in [-0.4, -0.2) is 16.4 Å². The summed E-state index contributed by atoms with van der Waals surface area (Å²) >= 11 is 12.3. The summed E-state index contributed by atoms with van der Waals surface area (Å²) in [4.78, 5) is 4.13. The van der Waals surface area contributed by atoms with Crippen molar-refractivity contribution in [3.63, 3.8) is 0 Å². The van der Waals surface area contributed by atoms with Gasteiger partial charge in [0.15, 0.2) is 6.29 Å². The van der Waals surface area contributed by atoms with Crippen LogP contribution < -0.4 is 4.74 Å². The molecule has 3 aromatic rings. The minimum absolute atomic E-state index is 0.0254. The van der Waals surface area contributed by atoms with Gasteiger partial charge >= 0.3 is 0 Å². The molecule has 0 amide bonds. The first-order valence-corrected chi connectivity index (χ1v) is 8.05. The van der Waals surface area contributed by atoms with Crippen molar-refractivity contribution in [2.24, 2.45) is 0 Å². The molecule has 3 nitrogen and oxygen atoms in total. The molecule has 1 aliphatic rings. The van der Waals surface area contributed by atoms with Crippen LogP contribution in [0.15, 0.2) is 48.8 Å². The number of ether oxygens (including phenoxy) is 1. The van der Waals surface area contributed by atoms with Gasteiger partial charge in [0, 0.05) is 51.1 Å². The molecular formula is C18H13Cl2NO2. The summed E-state index contributed by atoms with van der Waals surface area (Å²) in [5.41, 5.74) is 1.99. The lowest BCUT2D eigenvalue weighted by Gasteiger charge is -2.31. The number of aromatic nitrogens is 1. The van der Waals surface area contributed by atoms with Crippen LogP contribution in [0, 0.1) is 0 Å². The molecule has 0 bridgehead atoms. The van der Waals surface area contributed by atoms with E-state index in [1.807, 2.05) is 30.3 Å². The Bertz CT molecular complexity index is 877. The average Bonchev–Trinajstić information content (AvgIpc) is 2.53. The molecule has 2 aromatic carbocycles. The fourth-order valence-corrected chi connectivity index (χ4v) is 3.71. The first-order chi connectivity index (χ1) is 11.1. The van der Waals surface area contributed by atoms with Gasteiger partial charge in [0.1, 0.15) is 5.75 Å². The van der Waals surface area contributed by atoms with Gasteiger partial charge in [-0.25, -0.2) is 0 Å². The molecule has 0 spiro atoms. The standard InChI is InChI=1S/C18H13Cl2NO2/c19-12-5-11(6-13(20)7-12)16-8-17(22)23-18-14-3-4-21-9-10(14)1-2-15(16)18/h1-7,9,16-17,22H,8H2/t16-,17-/m0/s1. The van der Waals surface area contributed by atoms with Crippen LogP contribution in [0.4, 0.5) is 0 Å². The molecule has 0 saturated heterocycles. The summed E-state index contributed by atoms with van der Waals surface area (Å²) in [6.45, 7) is 0. The van der Waals surface area contributed by atoms with Crippen molar-refractivity contribution in [1.29, 1.82) is 0 Å². The number of pyridine rings is 1.